The molecule has 94 valence electrons. The molecule has 1 aromatic carbocycles. The van der Waals surface area contributed by atoms with Gasteiger partial charge in [0.05, 0.1) is 6.10 Å². The fraction of sp³-hybridized carbons (Fsp3) is 0.400. The number of nitrogens with two attached hydrogens (primary N) is 1. The highest BCUT2D eigenvalue weighted by atomic mass is 16.5. The van der Waals surface area contributed by atoms with Crippen molar-refractivity contribution in [3.05, 3.63) is 36.7 Å². The monoisotopic (exact) mass is 242 g/mol. The lowest BCUT2D eigenvalue weighted by Gasteiger charge is -2.27. The summed E-state index contributed by atoms with van der Waals surface area (Å²) in [5.41, 5.74) is 5.92. The van der Waals surface area contributed by atoms with E-state index in [1.807, 2.05) is 30.6 Å². The molecule has 0 radical (unpaired) electrons. The summed E-state index contributed by atoms with van der Waals surface area (Å²) in [6.45, 7) is 0. The van der Waals surface area contributed by atoms with E-state index in [1.165, 1.54) is 0 Å². The van der Waals surface area contributed by atoms with E-state index in [4.69, 9.17) is 10.5 Å². The SMILES string of the molecule is NC1CCC(Oc2cccc3cnccc23)CC1. The van der Waals surface area contributed by atoms with Crippen molar-refractivity contribution in [1.29, 1.82) is 0 Å². The van der Waals surface area contributed by atoms with Crippen molar-refractivity contribution >= 4 is 10.8 Å². The van der Waals surface area contributed by atoms with Gasteiger partial charge in [-0.3, -0.25) is 4.98 Å². The Morgan fingerprint density at radius 3 is 2.78 bits per heavy atom. The Bertz CT molecular complexity index is 528. The maximum atomic E-state index is 6.13. The van der Waals surface area contributed by atoms with Crippen LogP contribution in [-0.4, -0.2) is 17.1 Å². The van der Waals surface area contributed by atoms with Gasteiger partial charge in [-0.15, -0.1) is 0 Å². The molecule has 3 heteroatoms. The number of rotatable bonds is 2. The lowest BCUT2D eigenvalue weighted by molar-refractivity contribution is 0.149. The highest BCUT2D eigenvalue weighted by Gasteiger charge is 2.20. The van der Waals surface area contributed by atoms with Gasteiger partial charge in [-0.25, -0.2) is 0 Å². The molecule has 0 saturated heterocycles. The minimum atomic E-state index is 0.309. The van der Waals surface area contributed by atoms with E-state index < -0.39 is 0 Å². The number of hydrogen-bond donors (Lipinski definition) is 1. The van der Waals surface area contributed by atoms with Crippen molar-refractivity contribution in [2.75, 3.05) is 0 Å². The normalized spacial score (nSPS) is 24.1. The highest BCUT2D eigenvalue weighted by molar-refractivity contribution is 5.87. The van der Waals surface area contributed by atoms with Gasteiger partial charge in [0.2, 0.25) is 0 Å². The van der Waals surface area contributed by atoms with Gasteiger partial charge < -0.3 is 10.5 Å². The van der Waals surface area contributed by atoms with Gasteiger partial charge in [-0.2, -0.15) is 0 Å². The van der Waals surface area contributed by atoms with Crippen molar-refractivity contribution < 1.29 is 4.74 Å². The second kappa shape index (κ2) is 4.94. The van der Waals surface area contributed by atoms with E-state index in [9.17, 15) is 0 Å². The summed E-state index contributed by atoms with van der Waals surface area (Å²) >= 11 is 0. The minimum Gasteiger partial charge on any atom is -0.490 e. The molecule has 2 N–H and O–H groups in total. The number of pyridine rings is 1. The van der Waals surface area contributed by atoms with Crippen molar-refractivity contribution in [3.8, 4) is 5.75 Å². The van der Waals surface area contributed by atoms with Gasteiger partial charge >= 0.3 is 0 Å². The molecule has 3 rings (SSSR count). The van der Waals surface area contributed by atoms with E-state index in [0.717, 1.165) is 42.2 Å². The largest absolute Gasteiger partial charge is 0.490 e. The first kappa shape index (κ1) is 11.5. The Morgan fingerprint density at radius 2 is 1.94 bits per heavy atom. The molecular weight excluding hydrogens is 224 g/mol. The minimum absolute atomic E-state index is 0.309. The average Bonchev–Trinajstić information content (AvgIpc) is 2.42. The third kappa shape index (κ3) is 2.31. The summed E-state index contributed by atoms with van der Waals surface area (Å²) in [5.74, 6) is 0.968. The third-order valence-electron chi connectivity index (χ3n) is 3.65. The molecular formula is C15H18N2O. The van der Waals surface area contributed by atoms with Gasteiger partial charge in [0.1, 0.15) is 5.75 Å². The first-order chi connectivity index (χ1) is 8.83. The Morgan fingerprint density at radius 1 is 1.11 bits per heavy atom. The standard InChI is InChI=1S/C15H18N2O/c16-12-4-6-13(7-5-12)18-15-3-1-2-11-10-17-9-8-14(11)15/h1-3,8-10,12-13H,4-7,16H2. The highest BCUT2D eigenvalue weighted by Crippen LogP contribution is 2.28. The molecule has 2 aromatic rings. The summed E-state index contributed by atoms with van der Waals surface area (Å²) in [7, 11) is 0. The molecule has 0 atom stereocenters. The van der Waals surface area contributed by atoms with Crippen LogP contribution in [0.5, 0.6) is 5.75 Å². The molecule has 1 fully saturated rings. The number of nitrogens with zero attached hydrogens (tertiary/aromatic N) is 1. The number of fused-ring (bicyclic) bond motifs is 1. The molecule has 0 spiro atoms. The summed E-state index contributed by atoms with van der Waals surface area (Å²) in [6, 6.07) is 8.50. The smallest absolute Gasteiger partial charge is 0.127 e. The first-order valence-electron chi connectivity index (χ1n) is 6.58. The zero-order valence-corrected chi connectivity index (χ0v) is 10.4. The predicted molar refractivity (Wildman–Crippen MR) is 72.6 cm³/mol. The fourth-order valence-electron chi connectivity index (χ4n) is 2.58. The van der Waals surface area contributed by atoms with Crippen LogP contribution in [0.4, 0.5) is 0 Å². The summed E-state index contributed by atoms with van der Waals surface area (Å²) in [4.78, 5) is 4.14. The van der Waals surface area contributed by atoms with Crippen LogP contribution in [0.1, 0.15) is 25.7 Å². The molecule has 1 aliphatic rings. The predicted octanol–water partition coefficient (Wildman–Crippen LogP) is 2.88. The second-order valence-corrected chi connectivity index (χ2v) is 5.01. The van der Waals surface area contributed by atoms with Crippen LogP contribution in [-0.2, 0) is 0 Å². The van der Waals surface area contributed by atoms with E-state index in [1.54, 1.807) is 0 Å². The average molecular weight is 242 g/mol. The van der Waals surface area contributed by atoms with Crippen molar-refractivity contribution in [3.63, 3.8) is 0 Å². The zero-order valence-electron chi connectivity index (χ0n) is 10.4. The van der Waals surface area contributed by atoms with Crippen molar-refractivity contribution in [2.45, 2.75) is 37.8 Å². The van der Waals surface area contributed by atoms with Gasteiger partial charge in [0.25, 0.3) is 0 Å². The summed E-state index contributed by atoms with van der Waals surface area (Å²) in [6.07, 6.45) is 8.24. The number of aromatic nitrogens is 1. The van der Waals surface area contributed by atoms with Gasteiger partial charge in [0.15, 0.2) is 0 Å². The summed E-state index contributed by atoms with van der Waals surface area (Å²) < 4.78 is 6.13. The van der Waals surface area contributed by atoms with E-state index in [-0.39, 0.29) is 0 Å². The van der Waals surface area contributed by atoms with Crippen LogP contribution >= 0.6 is 0 Å². The molecule has 0 bridgehead atoms. The van der Waals surface area contributed by atoms with Crippen LogP contribution in [0.2, 0.25) is 0 Å². The van der Waals surface area contributed by atoms with Gasteiger partial charge in [-0.1, -0.05) is 12.1 Å². The lowest BCUT2D eigenvalue weighted by atomic mass is 9.93. The Balaban J connectivity index is 1.82. The molecule has 18 heavy (non-hydrogen) atoms. The van der Waals surface area contributed by atoms with Crippen LogP contribution in [0.3, 0.4) is 0 Å². The van der Waals surface area contributed by atoms with Crippen LogP contribution in [0.15, 0.2) is 36.7 Å². The molecule has 3 nitrogen and oxygen atoms in total. The quantitative estimate of drug-likeness (QED) is 0.880. The topological polar surface area (TPSA) is 48.1 Å². The van der Waals surface area contributed by atoms with Crippen molar-refractivity contribution in [2.24, 2.45) is 5.73 Å². The molecule has 0 unspecified atom stereocenters. The number of benzene rings is 1. The Hall–Kier alpha value is -1.61. The molecule has 1 aliphatic carbocycles. The van der Waals surface area contributed by atoms with E-state index in [0.29, 0.717) is 12.1 Å². The van der Waals surface area contributed by atoms with Crippen LogP contribution < -0.4 is 10.5 Å². The molecule has 1 heterocycles. The van der Waals surface area contributed by atoms with Gasteiger partial charge in [0, 0.05) is 29.2 Å². The van der Waals surface area contributed by atoms with Crippen LogP contribution in [0, 0.1) is 0 Å². The molecule has 0 aliphatic heterocycles. The van der Waals surface area contributed by atoms with Crippen molar-refractivity contribution in [1.82, 2.24) is 4.98 Å². The Labute approximate surface area is 107 Å². The molecule has 1 saturated carbocycles. The summed E-state index contributed by atoms with van der Waals surface area (Å²) in [5, 5.41) is 2.27. The van der Waals surface area contributed by atoms with Gasteiger partial charge in [-0.05, 0) is 37.8 Å². The van der Waals surface area contributed by atoms with E-state index >= 15 is 0 Å². The zero-order chi connectivity index (χ0) is 12.4. The maximum absolute atomic E-state index is 6.13. The molecule has 1 aromatic heterocycles. The Kier molecular flexibility index (Phi) is 3.15. The first-order valence-corrected chi connectivity index (χ1v) is 6.58. The van der Waals surface area contributed by atoms with Crippen LogP contribution in [0.25, 0.3) is 10.8 Å². The third-order valence-corrected chi connectivity index (χ3v) is 3.65. The maximum Gasteiger partial charge on any atom is 0.127 e. The number of hydrogen-bond acceptors (Lipinski definition) is 3. The number of ether oxygens (including phenoxy) is 1. The fourth-order valence-corrected chi connectivity index (χ4v) is 2.58. The lowest BCUT2D eigenvalue weighted by Crippen LogP contribution is -2.31. The second-order valence-electron chi connectivity index (χ2n) is 5.01. The molecule has 0 amide bonds. The van der Waals surface area contributed by atoms with E-state index in [2.05, 4.69) is 11.1 Å².